The third-order valence-electron chi connectivity index (χ3n) is 3.29. The van der Waals surface area contributed by atoms with E-state index in [4.69, 9.17) is 4.74 Å². The molecular weight excluding hydrogens is 312 g/mol. The molecule has 2 aromatic carbocycles. The maximum Gasteiger partial charge on any atom is 0.243 e. The number of nitrogens with zero attached hydrogens (tertiary/aromatic N) is 1. The predicted molar refractivity (Wildman–Crippen MR) is 92.2 cm³/mol. The molecular formula is C17H14N2O3S. The lowest BCUT2D eigenvalue weighted by molar-refractivity contribution is -0.114. The monoisotopic (exact) mass is 326 g/mol. The van der Waals surface area contributed by atoms with Gasteiger partial charge in [-0.3, -0.25) is 9.59 Å². The second-order valence-corrected chi connectivity index (χ2v) is 5.88. The Morgan fingerprint density at radius 3 is 2.74 bits per heavy atom. The number of fused-ring (bicyclic) bond motifs is 1. The van der Waals surface area contributed by atoms with E-state index in [2.05, 4.69) is 10.3 Å². The van der Waals surface area contributed by atoms with Crippen LogP contribution in [0.2, 0.25) is 0 Å². The van der Waals surface area contributed by atoms with Crippen molar-refractivity contribution >= 4 is 33.8 Å². The number of carbonyl (C=O) groups is 1. The minimum atomic E-state index is -0.176. The van der Waals surface area contributed by atoms with Crippen molar-refractivity contribution in [1.82, 2.24) is 4.98 Å². The maximum absolute atomic E-state index is 12.2. The third-order valence-corrected chi connectivity index (χ3v) is 4.22. The molecule has 3 rings (SSSR count). The van der Waals surface area contributed by atoms with Crippen LogP contribution in [0.5, 0.6) is 5.75 Å². The molecule has 0 fully saturated rings. The molecule has 1 aromatic heterocycles. The Morgan fingerprint density at radius 1 is 1.22 bits per heavy atom. The zero-order valence-electron chi connectivity index (χ0n) is 12.6. The summed E-state index contributed by atoms with van der Waals surface area (Å²) in [6.07, 6.45) is 0. The van der Waals surface area contributed by atoms with E-state index in [-0.39, 0.29) is 10.6 Å². The van der Waals surface area contributed by atoms with Gasteiger partial charge in [-0.15, -0.1) is 0 Å². The van der Waals surface area contributed by atoms with E-state index in [1.807, 2.05) is 18.2 Å². The number of rotatable bonds is 3. The lowest BCUT2D eigenvalue weighted by Gasteiger charge is -2.10. The van der Waals surface area contributed by atoms with Crippen LogP contribution in [0, 0.1) is 0 Å². The number of benzene rings is 2. The quantitative estimate of drug-likeness (QED) is 0.802. The Hall–Kier alpha value is -2.73. The van der Waals surface area contributed by atoms with Crippen LogP contribution in [-0.2, 0) is 4.79 Å². The number of ether oxygens (including phenoxy) is 1. The fraction of sp³-hybridized carbons (Fsp3) is 0.118. The van der Waals surface area contributed by atoms with E-state index >= 15 is 0 Å². The van der Waals surface area contributed by atoms with E-state index in [9.17, 15) is 9.59 Å². The molecule has 3 aromatic rings. The SMILES string of the molecule is COc1cc(-c2nc3ccccc3c(=O)s2)ccc1NC(C)=O. The Balaban J connectivity index is 2.11. The van der Waals surface area contributed by atoms with E-state index in [0.29, 0.717) is 27.3 Å². The van der Waals surface area contributed by atoms with Gasteiger partial charge in [-0.2, -0.15) is 0 Å². The van der Waals surface area contributed by atoms with Gasteiger partial charge < -0.3 is 10.1 Å². The normalized spacial score (nSPS) is 10.5. The third kappa shape index (κ3) is 3.07. The number of nitrogens with one attached hydrogen (secondary N) is 1. The zero-order valence-corrected chi connectivity index (χ0v) is 13.4. The summed E-state index contributed by atoms with van der Waals surface area (Å²) in [5.41, 5.74) is 2.01. The molecule has 116 valence electrons. The van der Waals surface area contributed by atoms with Crippen molar-refractivity contribution in [2.24, 2.45) is 0 Å². The molecule has 1 heterocycles. The van der Waals surface area contributed by atoms with Crippen LogP contribution in [0.25, 0.3) is 21.5 Å². The average Bonchev–Trinajstić information content (AvgIpc) is 2.54. The molecule has 5 nitrogen and oxygen atoms in total. The van der Waals surface area contributed by atoms with Gasteiger partial charge in [0.2, 0.25) is 10.6 Å². The first kappa shape index (κ1) is 15.2. The summed E-state index contributed by atoms with van der Waals surface area (Å²) in [4.78, 5) is 28.0. The molecule has 0 saturated carbocycles. The first-order valence-corrected chi connectivity index (χ1v) is 7.76. The highest BCUT2D eigenvalue weighted by atomic mass is 32.1. The van der Waals surface area contributed by atoms with E-state index < -0.39 is 0 Å². The standard InChI is InChI=1S/C17H14N2O3S/c1-10(20)18-14-8-7-11(9-15(14)22-2)16-19-13-6-4-3-5-12(13)17(21)23-16/h3-9H,1-2H3,(H,18,20). The Bertz CT molecular complexity index is 950. The molecule has 0 aliphatic heterocycles. The highest BCUT2D eigenvalue weighted by Crippen LogP contribution is 2.31. The van der Waals surface area contributed by atoms with Gasteiger partial charge in [0.15, 0.2) is 0 Å². The second-order valence-electron chi connectivity index (χ2n) is 4.92. The molecule has 0 atom stereocenters. The second kappa shape index (κ2) is 6.18. The van der Waals surface area contributed by atoms with Crippen molar-refractivity contribution in [3.05, 3.63) is 52.0 Å². The van der Waals surface area contributed by atoms with E-state index in [1.165, 1.54) is 14.0 Å². The molecule has 0 aliphatic carbocycles. The molecule has 0 aliphatic rings. The van der Waals surface area contributed by atoms with Gasteiger partial charge in [-0.05, 0) is 30.3 Å². The van der Waals surface area contributed by atoms with Crippen molar-refractivity contribution in [3.8, 4) is 16.3 Å². The minimum Gasteiger partial charge on any atom is -0.495 e. The number of para-hydroxylation sites is 1. The van der Waals surface area contributed by atoms with Crippen molar-refractivity contribution in [2.45, 2.75) is 6.92 Å². The number of amides is 1. The van der Waals surface area contributed by atoms with Gasteiger partial charge in [0.25, 0.3) is 0 Å². The molecule has 0 saturated heterocycles. The minimum absolute atomic E-state index is 0.0319. The number of hydrogen-bond acceptors (Lipinski definition) is 5. The Kier molecular flexibility index (Phi) is 4.08. The number of anilines is 1. The number of aromatic nitrogens is 1. The summed E-state index contributed by atoms with van der Waals surface area (Å²) < 4.78 is 5.28. The van der Waals surface area contributed by atoms with Crippen molar-refractivity contribution in [2.75, 3.05) is 12.4 Å². The predicted octanol–water partition coefficient (Wildman–Crippen LogP) is 3.29. The van der Waals surface area contributed by atoms with E-state index in [1.54, 1.807) is 24.3 Å². The number of methoxy groups -OCH3 is 1. The van der Waals surface area contributed by atoms with Crippen molar-refractivity contribution < 1.29 is 9.53 Å². The summed E-state index contributed by atoms with van der Waals surface area (Å²) in [6.45, 7) is 1.43. The maximum atomic E-state index is 12.2. The van der Waals surface area contributed by atoms with Gasteiger partial charge >= 0.3 is 0 Å². The molecule has 23 heavy (non-hydrogen) atoms. The lowest BCUT2D eigenvalue weighted by atomic mass is 10.2. The Morgan fingerprint density at radius 2 is 2.00 bits per heavy atom. The van der Waals surface area contributed by atoms with Gasteiger partial charge in [0.1, 0.15) is 10.8 Å². The van der Waals surface area contributed by atoms with Crippen LogP contribution < -0.4 is 14.8 Å². The summed E-state index contributed by atoms with van der Waals surface area (Å²) in [7, 11) is 1.53. The summed E-state index contributed by atoms with van der Waals surface area (Å²) >= 11 is 1.09. The smallest absolute Gasteiger partial charge is 0.243 e. The molecule has 1 amide bonds. The van der Waals surface area contributed by atoms with Crippen LogP contribution in [0.1, 0.15) is 6.92 Å². The van der Waals surface area contributed by atoms with Crippen LogP contribution in [-0.4, -0.2) is 18.0 Å². The van der Waals surface area contributed by atoms with Gasteiger partial charge in [-0.25, -0.2) is 4.98 Å². The lowest BCUT2D eigenvalue weighted by Crippen LogP contribution is -2.07. The number of carbonyl (C=O) groups excluding carboxylic acids is 1. The summed E-state index contributed by atoms with van der Waals surface area (Å²) in [6, 6.07) is 12.6. The Labute approximate surface area is 136 Å². The highest BCUT2D eigenvalue weighted by molar-refractivity contribution is 7.13. The fourth-order valence-corrected chi connectivity index (χ4v) is 3.11. The molecule has 0 radical (unpaired) electrons. The van der Waals surface area contributed by atoms with Gasteiger partial charge in [-0.1, -0.05) is 23.5 Å². The van der Waals surface area contributed by atoms with Gasteiger partial charge in [0, 0.05) is 12.5 Å². The number of hydrogen-bond donors (Lipinski definition) is 1. The van der Waals surface area contributed by atoms with Crippen molar-refractivity contribution in [1.29, 1.82) is 0 Å². The van der Waals surface area contributed by atoms with Gasteiger partial charge in [0.05, 0.1) is 23.7 Å². The van der Waals surface area contributed by atoms with E-state index in [0.717, 1.165) is 16.9 Å². The molecule has 6 heteroatoms. The highest BCUT2D eigenvalue weighted by Gasteiger charge is 2.10. The van der Waals surface area contributed by atoms with Crippen LogP contribution in [0.4, 0.5) is 5.69 Å². The first-order valence-electron chi connectivity index (χ1n) is 6.94. The zero-order chi connectivity index (χ0) is 16.4. The average molecular weight is 326 g/mol. The first-order chi connectivity index (χ1) is 11.1. The van der Waals surface area contributed by atoms with Crippen LogP contribution >= 0.6 is 11.3 Å². The van der Waals surface area contributed by atoms with Crippen molar-refractivity contribution in [3.63, 3.8) is 0 Å². The molecule has 0 unspecified atom stereocenters. The topological polar surface area (TPSA) is 68.3 Å². The molecule has 1 N–H and O–H groups in total. The molecule has 0 bridgehead atoms. The summed E-state index contributed by atoms with van der Waals surface area (Å²) in [5, 5.41) is 3.93. The summed E-state index contributed by atoms with van der Waals surface area (Å²) in [5.74, 6) is 0.344. The fourth-order valence-electron chi connectivity index (χ4n) is 2.26. The van der Waals surface area contributed by atoms with Crippen LogP contribution in [0.3, 0.4) is 0 Å². The van der Waals surface area contributed by atoms with Crippen LogP contribution in [0.15, 0.2) is 47.3 Å². The molecule has 0 spiro atoms. The largest absolute Gasteiger partial charge is 0.495 e.